The summed E-state index contributed by atoms with van der Waals surface area (Å²) in [6.07, 6.45) is 11.8. The molecule has 0 N–H and O–H groups in total. The molecule has 0 amide bonds. The number of rotatable bonds is 2. The van der Waals surface area contributed by atoms with Crippen LogP contribution in [0.25, 0.3) is 0 Å². The number of hydrogen-bond donors (Lipinski definition) is 0. The van der Waals surface area contributed by atoms with Crippen molar-refractivity contribution in [2.75, 3.05) is 0 Å². The zero-order chi connectivity index (χ0) is 15.3. The fraction of sp³-hybridized carbons (Fsp3) is 0.650. The molecule has 0 spiro atoms. The van der Waals surface area contributed by atoms with Gasteiger partial charge in [-0.15, -0.1) is 0 Å². The Bertz CT molecular complexity index is 550. The molecule has 3 atom stereocenters. The highest BCUT2D eigenvalue weighted by molar-refractivity contribution is 5.61. The Balaban J connectivity index is 2.04. The van der Waals surface area contributed by atoms with E-state index in [1.165, 1.54) is 43.1 Å². The van der Waals surface area contributed by atoms with E-state index in [1.54, 1.807) is 11.1 Å². The zero-order valence-electron chi connectivity index (χ0n) is 13.8. The van der Waals surface area contributed by atoms with Gasteiger partial charge in [-0.1, -0.05) is 44.1 Å². The maximum atomic E-state index is 11.7. The Labute approximate surface area is 129 Å². The lowest BCUT2D eigenvalue weighted by atomic mass is 9.49. The first-order chi connectivity index (χ1) is 9.90. The van der Waals surface area contributed by atoms with Crippen LogP contribution in [0.5, 0.6) is 0 Å². The molecule has 3 aliphatic carbocycles. The van der Waals surface area contributed by atoms with Gasteiger partial charge in [0.25, 0.3) is 0 Å². The van der Waals surface area contributed by atoms with Crippen molar-refractivity contribution in [3.63, 3.8) is 0 Å². The standard InChI is InChI=1S/C20H28O/c1-14(2)15-6-8-17-16(12-15)7-9-18-19(3,13-21)10-5-11-20(17,18)4/h12-13,18H,1,5-11H2,2-4H3. The Kier molecular flexibility index (Phi) is 3.50. The maximum Gasteiger partial charge on any atom is 0.126 e. The Morgan fingerprint density at radius 1 is 1.29 bits per heavy atom. The first kappa shape index (κ1) is 14.8. The average Bonchev–Trinajstić information content (AvgIpc) is 2.46. The number of allylic oxidation sites excluding steroid dienone is 5. The molecule has 114 valence electrons. The van der Waals surface area contributed by atoms with Crippen LogP contribution in [0.4, 0.5) is 0 Å². The minimum atomic E-state index is -0.107. The van der Waals surface area contributed by atoms with E-state index in [-0.39, 0.29) is 10.8 Å². The van der Waals surface area contributed by atoms with Gasteiger partial charge in [-0.05, 0) is 67.9 Å². The minimum Gasteiger partial charge on any atom is -0.303 e. The molecule has 1 saturated carbocycles. The molecule has 0 radical (unpaired) electrons. The third-order valence-electron chi connectivity index (χ3n) is 6.57. The fourth-order valence-corrected chi connectivity index (χ4v) is 5.36. The summed E-state index contributed by atoms with van der Waals surface area (Å²) in [4.78, 5) is 11.7. The average molecular weight is 284 g/mol. The molecule has 0 bridgehead atoms. The maximum absolute atomic E-state index is 11.7. The third kappa shape index (κ3) is 2.17. The van der Waals surface area contributed by atoms with E-state index in [2.05, 4.69) is 33.4 Å². The normalized spacial score (nSPS) is 39.2. The van der Waals surface area contributed by atoms with E-state index < -0.39 is 0 Å². The predicted octanol–water partition coefficient (Wildman–Crippen LogP) is 5.38. The van der Waals surface area contributed by atoms with Gasteiger partial charge in [0.2, 0.25) is 0 Å². The van der Waals surface area contributed by atoms with Crippen molar-refractivity contribution in [2.24, 2.45) is 16.7 Å². The Morgan fingerprint density at radius 2 is 2.05 bits per heavy atom. The molecule has 1 fully saturated rings. The smallest absolute Gasteiger partial charge is 0.126 e. The highest BCUT2D eigenvalue weighted by Crippen LogP contribution is 2.60. The van der Waals surface area contributed by atoms with E-state index in [4.69, 9.17) is 0 Å². The second-order valence-electron chi connectivity index (χ2n) is 7.94. The Hall–Kier alpha value is -1.11. The molecule has 3 rings (SSSR count). The number of carbonyl (C=O) groups excluding carboxylic acids is 1. The number of fused-ring (bicyclic) bond motifs is 2. The topological polar surface area (TPSA) is 17.1 Å². The van der Waals surface area contributed by atoms with Gasteiger partial charge in [-0.2, -0.15) is 0 Å². The molecule has 3 aliphatic rings. The van der Waals surface area contributed by atoms with E-state index >= 15 is 0 Å². The molecule has 0 aromatic heterocycles. The summed E-state index contributed by atoms with van der Waals surface area (Å²) in [5.41, 5.74) is 6.02. The highest BCUT2D eigenvalue weighted by Gasteiger charge is 2.52. The van der Waals surface area contributed by atoms with Crippen LogP contribution in [-0.2, 0) is 4.79 Å². The second-order valence-corrected chi connectivity index (χ2v) is 7.94. The summed E-state index contributed by atoms with van der Waals surface area (Å²) in [6, 6.07) is 0. The van der Waals surface area contributed by atoms with Crippen molar-refractivity contribution < 1.29 is 4.79 Å². The molecule has 0 saturated heterocycles. The van der Waals surface area contributed by atoms with Gasteiger partial charge in [-0.25, -0.2) is 0 Å². The van der Waals surface area contributed by atoms with Crippen molar-refractivity contribution in [1.29, 1.82) is 0 Å². The molecule has 0 aromatic rings. The van der Waals surface area contributed by atoms with Gasteiger partial charge in [0, 0.05) is 5.41 Å². The fourth-order valence-electron chi connectivity index (χ4n) is 5.36. The molecular formula is C20H28O. The summed E-state index contributed by atoms with van der Waals surface area (Å²) >= 11 is 0. The lowest BCUT2D eigenvalue weighted by Gasteiger charge is -2.55. The number of hydrogen-bond acceptors (Lipinski definition) is 1. The van der Waals surface area contributed by atoms with Crippen molar-refractivity contribution in [2.45, 2.75) is 65.7 Å². The van der Waals surface area contributed by atoms with Crippen LogP contribution in [0.2, 0.25) is 0 Å². The van der Waals surface area contributed by atoms with Crippen LogP contribution in [0.15, 0.2) is 34.9 Å². The van der Waals surface area contributed by atoms with Gasteiger partial charge in [0.1, 0.15) is 6.29 Å². The van der Waals surface area contributed by atoms with Crippen LogP contribution >= 0.6 is 0 Å². The van der Waals surface area contributed by atoms with Crippen LogP contribution in [0.3, 0.4) is 0 Å². The third-order valence-corrected chi connectivity index (χ3v) is 6.57. The van der Waals surface area contributed by atoms with Crippen LogP contribution in [0, 0.1) is 16.7 Å². The summed E-state index contributed by atoms with van der Waals surface area (Å²) in [5.74, 6) is 0.537. The summed E-state index contributed by atoms with van der Waals surface area (Å²) in [5, 5.41) is 0. The quantitative estimate of drug-likeness (QED) is 0.622. The number of aldehydes is 1. The minimum absolute atomic E-state index is 0.107. The summed E-state index contributed by atoms with van der Waals surface area (Å²) in [7, 11) is 0. The lowest BCUT2D eigenvalue weighted by molar-refractivity contribution is -0.124. The molecule has 0 aromatic carbocycles. The van der Waals surface area contributed by atoms with Crippen LogP contribution in [-0.4, -0.2) is 6.29 Å². The monoisotopic (exact) mass is 284 g/mol. The SMILES string of the molecule is C=C(C)C1=CC2=C(CC1)C1(C)CCCC(C)(C=O)C1CC2. The molecule has 21 heavy (non-hydrogen) atoms. The van der Waals surface area contributed by atoms with Crippen molar-refractivity contribution in [3.8, 4) is 0 Å². The lowest BCUT2D eigenvalue weighted by Crippen LogP contribution is -2.47. The molecular weight excluding hydrogens is 256 g/mol. The molecule has 0 heterocycles. The van der Waals surface area contributed by atoms with Gasteiger partial charge >= 0.3 is 0 Å². The zero-order valence-corrected chi connectivity index (χ0v) is 13.8. The van der Waals surface area contributed by atoms with Crippen molar-refractivity contribution in [3.05, 3.63) is 34.9 Å². The van der Waals surface area contributed by atoms with Gasteiger partial charge in [-0.3, -0.25) is 0 Å². The van der Waals surface area contributed by atoms with Crippen LogP contribution in [0.1, 0.15) is 65.7 Å². The Morgan fingerprint density at radius 3 is 2.71 bits per heavy atom. The molecule has 0 aliphatic heterocycles. The van der Waals surface area contributed by atoms with Gasteiger partial charge in [0.05, 0.1) is 0 Å². The van der Waals surface area contributed by atoms with Gasteiger partial charge in [0.15, 0.2) is 0 Å². The largest absolute Gasteiger partial charge is 0.303 e. The van der Waals surface area contributed by atoms with Crippen molar-refractivity contribution in [1.82, 2.24) is 0 Å². The molecule has 3 unspecified atom stereocenters. The number of carbonyl (C=O) groups is 1. The second kappa shape index (κ2) is 4.97. The summed E-state index contributed by atoms with van der Waals surface area (Å²) in [6.45, 7) is 10.9. The molecule has 1 nitrogen and oxygen atoms in total. The summed E-state index contributed by atoms with van der Waals surface area (Å²) < 4.78 is 0. The first-order valence-electron chi connectivity index (χ1n) is 8.46. The van der Waals surface area contributed by atoms with E-state index in [1.807, 2.05) is 0 Å². The first-order valence-corrected chi connectivity index (χ1v) is 8.46. The van der Waals surface area contributed by atoms with E-state index in [9.17, 15) is 4.79 Å². The van der Waals surface area contributed by atoms with Crippen molar-refractivity contribution >= 4 is 6.29 Å². The highest BCUT2D eigenvalue weighted by atomic mass is 16.1. The van der Waals surface area contributed by atoms with Crippen LogP contribution < -0.4 is 0 Å². The van der Waals surface area contributed by atoms with E-state index in [0.29, 0.717) is 5.92 Å². The molecule has 1 heteroatoms. The predicted molar refractivity (Wildman–Crippen MR) is 88.0 cm³/mol. The van der Waals surface area contributed by atoms with Gasteiger partial charge < -0.3 is 4.79 Å². The van der Waals surface area contributed by atoms with E-state index in [0.717, 1.165) is 19.3 Å².